The number of unbranched alkanes of at least 4 members (excludes halogenated alkanes) is 6. The highest BCUT2D eigenvalue weighted by molar-refractivity contribution is 6.84. The molecule has 1 heterocycles. The lowest BCUT2D eigenvalue weighted by molar-refractivity contribution is 0.534. The van der Waals surface area contributed by atoms with E-state index in [1.165, 1.54) is 62.1 Å². The van der Waals surface area contributed by atoms with Crippen molar-refractivity contribution in [1.29, 1.82) is 5.26 Å². The van der Waals surface area contributed by atoms with E-state index < -0.39 is 16.6 Å². The molecular weight excluding hydrogens is 412 g/mol. The molecule has 1 aliphatic rings. The topological polar surface area (TPSA) is 45.4 Å². The smallest absolute Gasteiger partial charge is 0.0991 e. The summed E-state index contributed by atoms with van der Waals surface area (Å²) in [6.07, 6.45) is 15.9. The monoisotopic (exact) mass is 454 g/mol. The van der Waals surface area contributed by atoms with Crippen LogP contribution in [0.15, 0.2) is 40.9 Å². The van der Waals surface area contributed by atoms with Crippen molar-refractivity contribution in [3.63, 3.8) is 0 Å². The van der Waals surface area contributed by atoms with Gasteiger partial charge in [0.05, 0.1) is 17.7 Å². The van der Waals surface area contributed by atoms with E-state index in [0.29, 0.717) is 5.56 Å². The van der Waals surface area contributed by atoms with Gasteiger partial charge < -0.3 is 4.12 Å². The van der Waals surface area contributed by atoms with E-state index in [1.807, 2.05) is 24.3 Å². The fourth-order valence-electron chi connectivity index (χ4n) is 4.37. The van der Waals surface area contributed by atoms with E-state index in [0.717, 1.165) is 12.8 Å². The molecule has 1 aromatic carbocycles. The molecule has 0 saturated carbocycles. The third-order valence-electron chi connectivity index (χ3n) is 5.77. The average molecular weight is 455 g/mol. The van der Waals surface area contributed by atoms with E-state index in [-0.39, 0.29) is 6.04 Å². The first-order valence-corrected chi connectivity index (χ1v) is 18.6. The highest BCUT2D eigenvalue weighted by Crippen LogP contribution is 2.27. The third-order valence-corrected chi connectivity index (χ3v) is 12.0. The minimum Gasteiger partial charge on any atom is -0.767 e. The van der Waals surface area contributed by atoms with Gasteiger partial charge in [-0.15, -0.1) is 38.8 Å². The summed E-state index contributed by atoms with van der Waals surface area (Å²) in [4.78, 5) is 4.75. The van der Waals surface area contributed by atoms with Crippen molar-refractivity contribution in [2.75, 3.05) is 0 Å². The van der Waals surface area contributed by atoms with Crippen LogP contribution in [0.3, 0.4) is 0 Å². The van der Waals surface area contributed by atoms with Gasteiger partial charge in [-0.2, -0.15) is 5.26 Å². The number of nitrogens with zero attached hydrogens (tertiary/aromatic N) is 2. The van der Waals surface area contributed by atoms with Crippen LogP contribution >= 0.6 is 0 Å². The Labute approximate surface area is 192 Å². The van der Waals surface area contributed by atoms with E-state index in [4.69, 9.17) is 14.4 Å². The highest BCUT2D eigenvalue weighted by atomic mass is 28.4. The normalized spacial score (nSPS) is 16.8. The van der Waals surface area contributed by atoms with E-state index in [9.17, 15) is 0 Å². The molecule has 0 bridgehead atoms. The molecule has 0 N–H and O–H groups in total. The molecule has 1 aromatic rings. The summed E-state index contributed by atoms with van der Waals surface area (Å²) in [5.74, 6) is 0. The fourth-order valence-corrected chi connectivity index (χ4v) is 12.5. The van der Waals surface area contributed by atoms with E-state index in [2.05, 4.69) is 51.1 Å². The minimum absolute atomic E-state index is 0.209. The molecule has 1 atom stereocenters. The van der Waals surface area contributed by atoms with Crippen LogP contribution in [0.2, 0.25) is 38.8 Å². The maximum atomic E-state index is 8.92. The molecular formula is C26H42N2OSi2-2. The number of rotatable bonds is 13. The Morgan fingerprint density at radius 3 is 2.10 bits per heavy atom. The van der Waals surface area contributed by atoms with Crippen molar-refractivity contribution >= 4 is 22.8 Å². The Morgan fingerprint density at radius 1 is 0.935 bits per heavy atom. The van der Waals surface area contributed by atoms with Crippen molar-refractivity contribution in [2.24, 2.45) is 4.99 Å². The summed E-state index contributed by atoms with van der Waals surface area (Å²) in [6.45, 7) is 11.7. The van der Waals surface area contributed by atoms with Gasteiger partial charge in [0.1, 0.15) is 0 Å². The van der Waals surface area contributed by atoms with Crippen molar-refractivity contribution in [3.8, 4) is 6.07 Å². The summed E-state index contributed by atoms with van der Waals surface area (Å²) >= 11 is 0. The molecule has 2 rings (SSSR count). The van der Waals surface area contributed by atoms with Crippen LogP contribution in [-0.4, -0.2) is 22.8 Å². The number of nitriles is 1. The molecule has 1 unspecified atom stereocenters. The first kappa shape index (κ1) is 25.8. The maximum absolute atomic E-state index is 8.92. The number of hydrogen-bond acceptors (Lipinski definition) is 3. The van der Waals surface area contributed by atoms with Gasteiger partial charge in [-0.25, -0.2) is 0 Å². The van der Waals surface area contributed by atoms with Gasteiger partial charge in [-0.1, -0.05) is 73.4 Å². The Kier molecular flexibility index (Phi) is 10.4. The second kappa shape index (κ2) is 12.5. The van der Waals surface area contributed by atoms with Crippen LogP contribution in [-0.2, 0) is 4.12 Å². The lowest BCUT2D eigenvalue weighted by Gasteiger charge is -2.52. The van der Waals surface area contributed by atoms with Gasteiger partial charge in [0, 0.05) is 6.21 Å². The van der Waals surface area contributed by atoms with Crippen molar-refractivity contribution in [1.82, 2.24) is 0 Å². The lowest BCUT2D eigenvalue weighted by atomic mass is 9.97. The zero-order chi connectivity index (χ0) is 22.7. The van der Waals surface area contributed by atoms with E-state index in [1.54, 1.807) is 0 Å². The standard InChI is InChI=1S/C26H42N2OSi2/c1-30(2,3)29-31(4,5)20-12-10-8-6-7-9-11-13-24-16-19-26(28-22-24)25-17-14-23(21-27)15-18-25/h14-18,22,26H,6-13,19-20H2,1-5H3/q-2. The molecule has 31 heavy (non-hydrogen) atoms. The van der Waals surface area contributed by atoms with E-state index >= 15 is 0 Å². The van der Waals surface area contributed by atoms with Gasteiger partial charge >= 0.3 is 0 Å². The Balaban J connectivity index is 1.51. The molecule has 0 spiro atoms. The number of dihydropyridines is 1. The van der Waals surface area contributed by atoms with Crippen LogP contribution in [0, 0.1) is 11.3 Å². The molecule has 3 nitrogen and oxygen atoms in total. The summed E-state index contributed by atoms with van der Waals surface area (Å²) in [5.41, 5.74) is 3.30. The molecule has 5 heteroatoms. The summed E-state index contributed by atoms with van der Waals surface area (Å²) < 4.78 is 6.43. The number of hydrogen-bond donors (Lipinski definition) is 0. The molecule has 172 valence electrons. The van der Waals surface area contributed by atoms with Crippen LogP contribution in [0.25, 0.3) is 0 Å². The summed E-state index contributed by atoms with van der Waals surface area (Å²) in [7, 11) is -2.83. The fraction of sp³-hybridized carbons (Fsp3) is 0.615. The van der Waals surface area contributed by atoms with Gasteiger partial charge in [0.25, 0.3) is 0 Å². The molecule has 0 fully saturated rings. The van der Waals surface area contributed by atoms with Crippen LogP contribution in [0.1, 0.15) is 75.0 Å². The average Bonchev–Trinajstić information content (AvgIpc) is 2.71. The lowest BCUT2D eigenvalue weighted by Crippen LogP contribution is -2.42. The highest BCUT2D eigenvalue weighted by Gasteiger charge is 2.12. The summed E-state index contributed by atoms with van der Waals surface area (Å²) in [6, 6.07) is 11.5. The number of aliphatic imine (C=N–C) groups is 1. The molecule has 0 saturated heterocycles. The minimum atomic E-state index is -1.44. The van der Waals surface area contributed by atoms with Crippen LogP contribution in [0.5, 0.6) is 0 Å². The summed E-state index contributed by atoms with van der Waals surface area (Å²) in [5, 5.41) is 8.92. The predicted molar refractivity (Wildman–Crippen MR) is 139 cm³/mol. The third kappa shape index (κ3) is 10.6. The molecule has 0 amide bonds. The molecule has 0 aliphatic carbocycles. The first-order valence-electron chi connectivity index (χ1n) is 12.1. The maximum Gasteiger partial charge on any atom is 0.0991 e. The number of benzene rings is 1. The molecule has 0 aromatic heterocycles. The van der Waals surface area contributed by atoms with Crippen LogP contribution < -0.4 is 0 Å². The Bertz CT molecular complexity index is 770. The molecule has 0 radical (unpaired) electrons. The quantitative estimate of drug-likeness (QED) is 0.223. The predicted octanol–water partition coefficient (Wildman–Crippen LogP) is 8.18. The van der Waals surface area contributed by atoms with Gasteiger partial charge in [-0.3, -0.25) is 4.99 Å². The van der Waals surface area contributed by atoms with Gasteiger partial charge in [0.2, 0.25) is 0 Å². The van der Waals surface area contributed by atoms with Crippen LogP contribution in [0.4, 0.5) is 0 Å². The number of allylic oxidation sites excluding steroid dienone is 1. The van der Waals surface area contributed by atoms with Crippen molar-refractivity contribution in [2.45, 2.75) is 103 Å². The van der Waals surface area contributed by atoms with Gasteiger partial charge in [0.15, 0.2) is 0 Å². The Hall–Kier alpha value is -1.49. The van der Waals surface area contributed by atoms with Crippen molar-refractivity contribution in [3.05, 3.63) is 47.0 Å². The van der Waals surface area contributed by atoms with Gasteiger partial charge in [-0.05, 0) is 42.5 Å². The first-order chi connectivity index (χ1) is 14.7. The second-order valence-corrected chi connectivity index (χ2v) is 19.6. The van der Waals surface area contributed by atoms with Crippen molar-refractivity contribution < 1.29 is 4.12 Å². The largest absolute Gasteiger partial charge is 0.767 e. The zero-order valence-corrected chi connectivity index (χ0v) is 22.4. The molecule has 1 aliphatic heterocycles. The Morgan fingerprint density at radius 2 is 1.55 bits per heavy atom. The SMILES string of the molecule is C[Si-](C)(C)O[Si-](C)(C)CCCCCCCCCC1=CCC(c2ccc(C#N)cc2)N=C1. The zero-order valence-electron chi connectivity index (χ0n) is 20.4. The second-order valence-electron chi connectivity index (χ2n) is 10.5.